The van der Waals surface area contributed by atoms with E-state index in [1.807, 2.05) is 12.1 Å². The summed E-state index contributed by atoms with van der Waals surface area (Å²) in [5.74, 6) is -0.0178. The minimum atomic E-state index is -0.452. The number of carbonyl (C=O) groups excluding carboxylic acids is 1. The average molecular weight is 292 g/mol. The van der Waals surface area contributed by atoms with E-state index in [9.17, 15) is 9.90 Å². The highest BCUT2D eigenvalue weighted by Crippen LogP contribution is 2.24. The fourth-order valence-corrected chi connectivity index (χ4v) is 2.06. The zero-order chi connectivity index (χ0) is 15.9. The van der Waals surface area contributed by atoms with Crippen LogP contribution in [-0.2, 0) is 10.2 Å². The summed E-state index contributed by atoms with van der Waals surface area (Å²) in [5, 5.41) is 16.1. The molecule has 4 nitrogen and oxygen atoms in total. The summed E-state index contributed by atoms with van der Waals surface area (Å²) < 4.78 is 0. The maximum atomic E-state index is 10.7. The Hall–Kier alpha value is -1.39. The predicted octanol–water partition coefficient (Wildman–Crippen LogP) is 2.13. The summed E-state index contributed by atoms with van der Waals surface area (Å²) in [7, 11) is 0. The van der Waals surface area contributed by atoms with Crippen molar-refractivity contribution in [2.45, 2.75) is 45.6 Å². The number of carbonyl (C=O) groups is 1. The fourth-order valence-electron chi connectivity index (χ4n) is 2.06. The highest BCUT2D eigenvalue weighted by atomic mass is 16.3. The van der Waals surface area contributed by atoms with Crippen LogP contribution >= 0.6 is 0 Å². The van der Waals surface area contributed by atoms with Gasteiger partial charge in [-0.05, 0) is 29.5 Å². The van der Waals surface area contributed by atoms with Crippen molar-refractivity contribution in [1.29, 1.82) is 0 Å². The molecule has 4 heteroatoms. The smallest absolute Gasteiger partial charge is 0.216 e. The lowest BCUT2D eigenvalue weighted by Gasteiger charge is -2.20. The number of benzene rings is 1. The molecule has 21 heavy (non-hydrogen) atoms. The molecule has 1 unspecified atom stereocenters. The normalized spacial score (nSPS) is 13.0. The lowest BCUT2D eigenvalue weighted by atomic mass is 9.86. The number of aliphatic hydroxyl groups is 1. The van der Waals surface area contributed by atoms with Crippen LogP contribution in [0.3, 0.4) is 0 Å². The van der Waals surface area contributed by atoms with Gasteiger partial charge in [-0.2, -0.15) is 0 Å². The van der Waals surface area contributed by atoms with Gasteiger partial charge in [0.15, 0.2) is 0 Å². The zero-order valence-corrected chi connectivity index (χ0v) is 13.6. The summed E-state index contributed by atoms with van der Waals surface area (Å²) in [6.45, 7) is 10.1. The molecule has 0 fully saturated rings. The summed E-state index contributed by atoms with van der Waals surface area (Å²) in [6.07, 6.45) is 0.210. The minimum Gasteiger partial charge on any atom is -0.388 e. The first kappa shape index (κ1) is 17.7. The summed E-state index contributed by atoms with van der Waals surface area (Å²) >= 11 is 0. The van der Waals surface area contributed by atoms with Gasteiger partial charge in [-0.15, -0.1) is 0 Å². The molecule has 1 amide bonds. The molecule has 0 saturated carbocycles. The Morgan fingerprint density at radius 2 is 1.76 bits per heavy atom. The highest BCUT2D eigenvalue weighted by Gasteiger charge is 2.14. The van der Waals surface area contributed by atoms with Crippen molar-refractivity contribution in [1.82, 2.24) is 10.6 Å². The molecule has 0 radical (unpaired) electrons. The number of hydrogen-bond donors (Lipinski definition) is 3. The number of nitrogens with one attached hydrogen (secondary N) is 2. The highest BCUT2D eigenvalue weighted by molar-refractivity contribution is 5.72. The first-order valence-electron chi connectivity index (χ1n) is 7.54. The van der Waals surface area contributed by atoms with E-state index >= 15 is 0 Å². The van der Waals surface area contributed by atoms with Gasteiger partial charge in [-0.3, -0.25) is 4.79 Å². The van der Waals surface area contributed by atoms with E-state index in [0.717, 1.165) is 18.7 Å². The monoisotopic (exact) mass is 292 g/mol. The van der Waals surface area contributed by atoms with Crippen molar-refractivity contribution in [3.63, 3.8) is 0 Å². The molecule has 1 atom stereocenters. The summed E-state index contributed by atoms with van der Waals surface area (Å²) in [4.78, 5) is 10.7. The van der Waals surface area contributed by atoms with Crippen molar-refractivity contribution >= 4 is 5.91 Å². The first-order valence-corrected chi connectivity index (χ1v) is 7.54. The molecule has 1 aromatic carbocycles. The van der Waals surface area contributed by atoms with Gasteiger partial charge < -0.3 is 15.7 Å². The van der Waals surface area contributed by atoms with Crippen molar-refractivity contribution < 1.29 is 9.90 Å². The zero-order valence-electron chi connectivity index (χ0n) is 13.6. The molecule has 1 rings (SSSR count). The maximum Gasteiger partial charge on any atom is 0.216 e. The van der Waals surface area contributed by atoms with Gasteiger partial charge in [0.25, 0.3) is 0 Å². The van der Waals surface area contributed by atoms with Gasteiger partial charge in [-0.1, -0.05) is 45.0 Å². The molecular weight excluding hydrogens is 264 g/mol. The Morgan fingerprint density at radius 1 is 1.14 bits per heavy atom. The SMILES string of the molecule is CC(=O)NCCNCCC(O)c1ccc(C(C)(C)C)cc1. The van der Waals surface area contributed by atoms with E-state index in [4.69, 9.17) is 0 Å². The number of amides is 1. The van der Waals surface area contributed by atoms with Crippen molar-refractivity contribution in [2.24, 2.45) is 0 Å². The molecule has 0 aliphatic carbocycles. The molecular formula is C17H28N2O2. The van der Waals surface area contributed by atoms with Crippen molar-refractivity contribution in [3.8, 4) is 0 Å². The molecule has 0 aliphatic heterocycles. The van der Waals surface area contributed by atoms with E-state index in [1.165, 1.54) is 12.5 Å². The van der Waals surface area contributed by atoms with Crippen molar-refractivity contribution in [2.75, 3.05) is 19.6 Å². The number of rotatable bonds is 7. The molecule has 0 aromatic heterocycles. The largest absolute Gasteiger partial charge is 0.388 e. The lowest BCUT2D eigenvalue weighted by Crippen LogP contribution is -2.31. The molecule has 0 saturated heterocycles. The standard InChI is InChI=1S/C17H28N2O2/c1-13(20)19-12-11-18-10-9-16(21)14-5-7-15(8-6-14)17(2,3)4/h5-8,16,18,21H,9-12H2,1-4H3,(H,19,20). The van der Waals surface area contributed by atoms with Crippen LogP contribution in [0.2, 0.25) is 0 Å². The summed E-state index contributed by atoms with van der Waals surface area (Å²) in [6, 6.07) is 8.18. The van der Waals surface area contributed by atoms with E-state index < -0.39 is 6.10 Å². The Morgan fingerprint density at radius 3 is 2.29 bits per heavy atom. The predicted molar refractivity (Wildman–Crippen MR) is 86.3 cm³/mol. The molecule has 1 aromatic rings. The Labute approximate surface area is 128 Å². The third kappa shape index (κ3) is 6.74. The van der Waals surface area contributed by atoms with E-state index in [-0.39, 0.29) is 11.3 Å². The van der Waals surface area contributed by atoms with E-state index in [1.54, 1.807) is 0 Å². The fraction of sp³-hybridized carbons (Fsp3) is 0.588. The Bertz CT molecular complexity index is 435. The molecule has 0 spiro atoms. The topological polar surface area (TPSA) is 61.4 Å². The number of hydrogen-bond acceptors (Lipinski definition) is 3. The van der Waals surface area contributed by atoms with Gasteiger partial charge in [0.05, 0.1) is 6.10 Å². The van der Waals surface area contributed by atoms with E-state index in [0.29, 0.717) is 13.0 Å². The molecule has 3 N–H and O–H groups in total. The average Bonchev–Trinajstić information content (AvgIpc) is 2.41. The third-order valence-electron chi connectivity index (χ3n) is 3.43. The maximum absolute atomic E-state index is 10.7. The van der Waals surface area contributed by atoms with Crippen LogP contribution in [0.25, 0.3) is 0 Å². The third-order valence-corrected chi connectivity index (χ3v) is 3.43. The number of aliphatic hydroxyl groups excluding tert-OH is 1. The van der Waals surface area contributed by atoms with Gasteiger partial charge in [0.1, 0.15) is 0 Å². The second kappa shape index (κ2) is 8.15. The van der Waals surface area contributed by atoms with Crippen LogP contribution in [0.4, 0.5) is 0 Å². The molecule has 118 valence electrons. The van der Waals surface area contributed by atoms with Gasteiger partial charge in [0.2, 0.25) is 5.91 Å². The van der Waals surface area contributed by atoms with Gasteiger partial charge in [0, 0.05) is 20.0 Å². The lowest BCUT2D eigenvalue weighted by molar-refractivity contribution is -0.118. The Kier molecular flexibility index (Phi) is 6.85. The van der Waals surface area contributed by atoms with Crippen LogP contribution in [0.5, 0.6) is 0 Å². The van der Waals surface area contributed by atoms with Gasteiger partial charge >= 0.3 is 0 Å². The first-order chi connectivity index (χ1) is 9.80. The summed E-state index contributed by atoms with van der Waals surface area (Å²) in [5.41, 5.74) is 2.35. The Balaban J connectivity index is 2.32. The van der Waals surface area contributed by atoms with Gasteiger partial charge in [-0.25, -0.2) is 0 Å². The molecule has 0 bridgehead atoms. The van der Waals surface area contributed by atoms with Crippen LogP contribution in [-0.4, -0.2) is 30.6 Å². The minimum absolute atomic E-state index is 0.0178. The molecule has 0 aliphatic rings. The van der Waals surface area contributed by atoms with Crippen molar-refractivity contribution in [3.05, 3.63) is 35.4 Å². The van der Waals surface area contributed by atoms with Crippen LogP contribution < -0.4 is 10.6 Å². The second-order valence-corrected chi connectivity index (χ2v) is 6.41. The van der Waals surface area contributed by atoms with Crippen LogP contribution in [0.15, 0.2) is 24.3 Å². The van der Waals surface area contributed by atoms with Crippen LogP contribution in [0, 0.1) is 0 Å². The second-order valence-electron chi connectivity index (χ2n) is 6.41. The van der Waals surface area contributed by atoms with Crippen LogP contribution in [0.1, 0.15) is 51.3 Å². The molecule has 0 heterocycles. The van der Waals surface area contributed by atoms with E-state index in [2.05, 4.69) is 43.5 Å². The quantitative estimate of drug-likeness (QED) is 0.675.